The second kappa shape index (κ2) is 13.6. The first-order chi connectivity index (χ1) is 20.8. The van der Waals surface area contributed by atoms with Gasteiger partial charge >= 0.3 is 5.69 Å². The molecule has 4 aromatic rings. The standard InChI is InChI=1S/C28H23Cl2N7O6S/c1-14-4-8-21(15(2)10-14)33-27(39)23(35-34-22-9-6-18(36(40)41)12-24(22)37(42)43)13-25(38)26-16(3)31-28(44-26)32-17-5-7-19(29)20(30)11-17/h4-12,34H,13H2,1-3H3,(H,31,32)(H,33,39)/b35-23+. The third-order valence-electron chi connectivity index (χ3n) is 6.14. The number of carbonyl (C=O) groups excluding carboxylic acids is 2. The molecule has 3 aromatic carbocycles. The summed E-state index contributed by atoms with van der Waals surface area (Å²) in [5.41, 5.74) is 3.99. The van der Waals surface area contributed by atoms with Crippen LogP contribution >= 0.6 is 34.5 Å². The van der Waals surface area contributed by atoms with Crippen molar-refractivity contribution in [3.05, 3.63) is 107 Å². The third kappa shape index (κ3) is 7.72. The highest BCUT2D eigenvalue weighted by Gasteiger charge is 2.24. The third-order valence-corrected chi connectivity index (χ3v) is 7.99. The molecule has 4 rings (SSSR count). The normalized spacial score (nSPS) is 11.2. The van der Waals surface area contributed by atoms with Crippen molar-refractivity contribution in [2.45, 2.75) is 27.2 Å². The Bertz CT molecular complexity index is 1840. The van der Waals surface area contributed by atoms with Crippen molar-refractivity contribution in [1.82, 2.24) is 4.98 Å². The first-order valence-corrected chi connectivity index (χ1v) is 14.3. The molecule has 1 aromatic heterocycles. The van der Waals surface area contributed by atoms with Crippen LogP contribution in [0.15, 0.2) is 59.7 Å². The van der Waals surface area contributed by atoms with Crippen LogP contribution < -0.4 is 16.1 Å². The molecular weight excluding hydrogens is 633 g/mol. The van der Waals surface area contributed by atoms with Gasteiger partial charge in [0.1, 0.15) is 11.4 Å². The molecular formula is C28H23Cl2N7O6S. The maximum Gasteiger partial charge on any atom is 0.301 e. The summed E-state index contributed by atoms with van der Waals surface area (Å²) in [6.07, 6.45) is -0.500. The lowest BCUT2D eigenvalue weighted by Gasteiger charge is -2.11. The van der Waals surface area contributed by atoms with Gasteiger partial charge in [-0.15, -0.1) is 0 Å². The molecule has 0 bridgehead atoms. The van der Waals surface area contributed by atoms with E-state index in [-0.39, 0.29) is 16.3 Å². The van der Waals surface area contributed by atoms with Gasteiger partial charge in [0.05, 0.1) is 43.0 Å². The zero-order chi connectivity index (χ0) is 32.1. The number of anilines is 4. The Labute approximate surface area is 264 Å². The van der Waals surface area contributed by atoms with E-state index in [0.717, 1.165) is 40.7 Å². The Kier molecular flexibility index (Phi) is 9.88. The first-order valence-electron chi connectivity index (χ1n) is 12.7. The number of thiazole rings is 1. The number of nitro groups is 2. The van der Waals surface area contributed by atoms with Gasteiger partial charge in [0.15, 0.2) is 10.9 Å². The van der Waals surface area contributed by atoms with Crippen LogP contribution in [-0.2, 0) is 4.79 Å². The maximum atomic E-state index is 13.4. The molecule has 44 heavy (non-hydrogen) atoms. The van der Waals surface area contributed by atoms with Crippen LogP contribution in [-0.4, -0.2) is 32.2 Å². The zero-order valence-electron chi connectivity index (χ0n) is 23.3. The number of nitrogens with one attached hydrogen (secondary N) is 3. The molecule has 3 N–H and O–H groups in total. The molecule has 0 radical (unpaired) electrons. The summed E-state index contributed by atoms with van der Waals surface area (Å²) in [4.78, 5) is 52.6. The molecule has 0 unspecified atom stereocenters. The number of non-ortho nitro benzene ring substituents is 1. The Hall–Kier alpha value is -4.92. The number of hydrazone groups is 1. The quantitative estimate of drug-likeness (QED) is 0.0633. The number of amides is 1. The van der Waals surface area contributed by atoms with Crippen molar-refractivity contribution >= 4 is 85.5 Å². The number of ketones is 1. The second-order valence-corrected chi connectivity index (χ2v) is 11.3. The van der Waals surface area contributed by atoms with E-state index in [4.69, 9.17) is 23.2 Å². The predicted molar refractivity (Wildman–Crippen MR) is 171 cm³/mol. The highest BCUT2D eigenvalue weighted by Crippen LogP contribution is 2.31. The van der Waals surface area contributed by atoms with Gasteiger partial charge in [0, 0.05) is 17.4 Å². The minimum atomic E-state index is -0.825. The van der Waals surface area contributed by atoms with Crippen LogP contribution in [0, 0.1) is 41.0 Å². The van der Waals surface area contributed by atoms with Crippen LogP contribution in [0.5, 0.6) is 0 Å². The van der Waals surface area contributed by atoms with E-state index in [0.29, 0.717) is 32.2 Å². The Morgan fingerprint density at radius 3 is 2.32 bits per heavy atom. The Balaban J connectivity index is 1.64. The summed E-state index contributed by atoms with van der Waals surface area (Å²) in [7, 11) is 0. The van der Waals surface area contributed by atoms with Gasteiger partial charge in [-0.25, -0.2) is 4.98 Å². The van der Waals surface area contributed by atoms with Gasteiger partial charge in [0.2, 0.25) is 0 Å². The smallest absolute Gasteiger partial charge is 0.301 e. The second-order valence-electron chi connectivity index (χ2n) is 9.45. The molecule has 0 aliphatic carbocycles. The number of hydrogen-bond acceptors (Lipinski definition) is 11. The summed E-state index contributed by atoms with van der Waals surface area (Å²) < 4.78 is 0. The monoisotopic (exact) mass is 655 g/mol. The molecule has 0 atom stereocenters. The van der Waals surface area contributed by atoms with Gasteiger partial charge < -0.3 is 10.6 Å². The predicted octanol–water partition coefficient (Wildman–Crippen LogP) is 7.61. The number of aryl methyl sites for hydroxylation is 3. The summed E-state index contributed by atoms with van der Waals surface area (Å²) >= 11 is 13.1. The number of carbonyl (C=O) groups is 2. The minimum absolute atomic E-state index is 0.216. The molecule has 1 heterocycles. The number of hydrogen-bond donors (Lipinski definition) is 3. The van der Waals surface area contributed by atoms with E-state index in [1.165, 1.54) is 0 Å². The summed E-state index contributed by atoms with van der Waals surface area (Å²) in [6.45, 7) is 5.33. The van der Waals surface area contributed by atoms with E-state index in [1.807, 2.05) is 13.0 Å². The van der Waals surface area contributed by atoms with E-state index in [2.05, 4.69) is 26.1 Å². The number of benzene rings is 3. The van der Waals surface area contributed by atoms with Crippen LogP contribution in [0.4, 0.5) is 33.6 Å². The molecule has 0 saturated carbocycles. The average Bonchev–Trinajstić information content (AvgIpc) is 3.33. The minimum Gasteiger partial charge on any atom is -0.331 e. The van der Waals surface area contributed by atoms with Gasteiger partial charge in [-0.05, 0) is 56.7 Å². The number of Topliss-reactive ketones (excluding diaryl/α,β-unsaturated/α-hetero) is 1. The fourth-order valence-electron chi connectivity index (χ4n) is 3.96. The van der Waals surface area contributed by atoms with Crippen molar-refractivity contribution in [1.29, 1.82) is 0 Å². The SMILES string of the molecule is Cc1ccc(NC(=O)/C(CC(=O)c2sc(Nc3ccc(Cl)c(Cl)c3)nc2C)=N/Nc2ccc([N+](=O)[O-])cc2[N+](=O)[O-])c(C)c1. The fraction of sp³-hybridized carbons (Fsp3) is 0.143. The number of rotatable bonds is 11. The van der Waals surface area contributed by atoms with E-state index in [9.17, 15) is 29.8 Å². The molecule has 1 amide bonds. The lowest BCUT2D eigenvalue weighted by Crippen LogP contribution is -2.27. The highest BCUT2D eigenvalue weighted by molar-refractivity contribution is 7.17. The van der Waals surface area contributed by atoms with Gasteiger partial charge in [0.25, 0.3) is 11.6 Å². The summed E-state index contributed by atoms with van der Waals surface area (Å²) in [5.74, 6) is -1.23. The van der Waals surface area contributed by atoms with Gasteiger partial charge in [-0.3, -0.25) is 35.2 Å². The summed E-state index contributed by atoms with van der Waals surface area (Å²) in [5, 5.41) is 33.6. The lowest BCUT2D eigenvalue weighted by molar-refractivity contribution is -0.393. The molecule has 13 nitrogen and oxygen atoms in total. The van der Waals surface area contributed by atoms with E-state index in [1.54, 1.807) is 44.2 Å². The van der Waals surface area contributed by atoms with E-state index >= 15 is 0 Å². The molecule has 226 valence electrons. The van der Waals surface area contributed by atoms with Crippen molar-refractivity contribution in [2.24, 2.45) is 5.10 Å². The van der Waals surface area contributed by atoms with Gasteiger partial charge in [-0.1, -0.05) is 52.2 Å². The van der Waals surface area contributed by atoms with Crippen molar-refractivity contribution < 1.29 is 19.4 Å². The van der Waals surface area contributed by atoms with E-state index < -0.39 is 39.3 Å². The average molecular weight is 657 g/mol. The molecule has 0 spiro atoms. The molecule has 0 saturated heterocycles. The molecule has 0 aliphatic heterocycles. The number of halogens is 2. The largest absolute Gasteiger partial charge is 0.331 e. The molecule has 16 heteroatoms. The van der Waals surface area contributed by atoms with Crippen LogP contribution in [0.2, 0.25) is 10.0 Å². The van der Waals surface area contributed by atoms with Crippen molar-refractivity contribution in [2.75, 3.05) is 16.1 Å². The zero-order valence-corrected chi connectivity index (χ0v) is 25.6. The Morgan fingerprint density at radius 2 is 1.66 bits per heavy atom. The topological polar surface area (TPSA) is 182 Å². The molecule has 0 fully saturated rings. The number of aromatic nitrogens is 1. The number of nitro benzene ring substituents is 2. The number of nitrogens with zero attached hydrogens (tertiary/aromatic N) is 4. The fourth-order valence-corrected chi connectivity index (χ4v) is 5.19. The first kappa shape index (κ1) is 32.0. The van der Waals surface area contributed by atoms with Crippen LogP contribution in [0.1, 0.15) is 32.9 Å². The van der Waals surface area contributed by atoms with Gasteiger partial charge in [-0.2, -0.15) is 5.10 Å². The lowest BCUT2D eigenvalue weighted by atomic mass is 10.1. The Morgan fingerprint density at radius 1 is 0.932 bits per heavy atom. The summed E-state index contributed by atoms with van der Waals surface area (Å²) in [6, 6.07) is 13.2. The van der Waals surface area contributed by atoms with Crippen LogP contribution in [0.3, 0.4) is 0 Å². The maximum absolute atomic E-state index is 13.4. The molecule has 0 aliphatic rings. The van der Waals surface area contributed by atoms with Crippen LogP contribution in [0.25, 0.3) is 0 Å². The van der Waals surface area contributed by atoms with Crippen molar-refractivity contribution in [3.63, 3.8) is 0 Å². The highest BCUT2D eigenvalue weighted by atomic mass is 35.5. The van der Waals surface area contributed by atoms with Crippen molar-refractivity contribution in [3.8, 4) is 0 Å².